The number of benzene rings is 2. The van der Waals surface area contributed by atoms with Crippen LogP contribution in [-0.2, 0) is 24.0 Å². The molecule has 170 valence electrons. The fourth-order valence-corrected chi connectivity index (χ4v) is 3.38. The molecule has 0 atom stereocenters. The average Bonchev–Trinajstić information content (AvgIpc) is 3.22. The van der Waals surface area contributed by atoms with Gasteiger partial charge >= 0.3 is 6.18 Å². The summed E-state index contributed by atoms with van der Waals surface area (Å²) >= 11 is 0. The maximum Gasteiger partial charge on any atom is 0.416 e. The fourth-order valence-electron chi connectivity index (χ4n) is 3.38. The highest BCUT2D eigenvalue weighted by Crippen LogP contribution is 2.29. The number of alkyl halides is 3. The van der Waals surface area contributed by atoms with Crippen LogP contribution in [-0.4, -0.2) is 42.7 Å². The Hall–Kier alpha value is -3.26. The van der Waals surface area contributed by atoms with Crippen LogP contribution < -0.4 is 4.74 Å². The zero-order chi connectivity index (χ0) is 23.1. The zero-order valence-corrected chi connectivity index (χ0v) is 17.9. The van der Waals surface area contributed by atoms with E-state index < -0.39 is 11.7 Å². The third-order valence-electron chi connectivity index (χ3n) is 5.05. The van der Waals surface area contributed by atoms with Crippen molar-refractivity contribution >= 4 is 5.91 Å². The van der Waals surface area contributed by atoms with Gasteiger partial charge < -0.3 is 18.9 Å². The fraction of sp³-hybridized carbons (Fsp3) is 0.292. The second-order valence-corrected chi connectivity index (χ2v) is 7.28. The minimum absolute atomic E-state index is 0.187. The number of methoxy groups -OCH3 is 2. The highest BCUT2D eigenvalue weighted by atomic mass is 19.4. The van der Waals surface area contributed by atoms with Crippen LogP contribution in [0.25, 0.3) is 0 Å². The van der Waals surface area contributed by atoms with Gasteiger partial charge in [-0.2, -0.15) is 13.2 Å². The van der Waals surface area contributed by atoms with E-state index in [1.807, 2.05) is 16.7 Å². The molecule has 1 heterocycles. The third-order valence-corrected chi connectivity index (χ3v) is 5.05. The van der Waals surface area contributed by atoms with Crippen molar-refractivity contribution in [2.75, 3.05) is 27.4 Å². The zero-order valence-electron chi connectivity index (χ0n) is 17.9. The molecular weight excluding hydrogens is 421 g/mol. The minimum Gasteiger partial charge on any atom is -0.497 e. The van der Waals surface area contributed by atoms with E-state index in [1.165, 1.54) is 13.2 Å². The number of ether oxygens (including phenoxy) is 2. The van der Waals surface area contributed by atoms with Crippen molar-refractivity contribution in [3.05, 3.63) is 89.2 Å². The highest BCUT2D eigenvalue weighted by Gasteiger charge is 2.30. The Bertz CT molecular complexity index is 1050. The molecule has 0 aliphatic heterocycles. The summed E-state index contributed by atoms with van der Waals surface area (Å²) in [5.41, 5.74) is 1.13. The lowest BCUT2D eigenvalue weighted by atomic mass is 10.1. The summed E-state index contributed by atoms with van der Waals surface area (Å²) in [5.74, 6) is 0.392. The molecule has 3 aromatic rings. The molecule has 32 heavy (non-hydrogen) atoms. The second-order valence-electron chi connectivity index (χ2n) is 7.28. The monoisotopic (exact) mass is 446 g/mol. The number of halogens is 3. The first-order valence-corrected chi connectivity index (χ1v) is 10.0. The molecule has 0 spiro atoms. The Balaban J connectivity index is 1.81. The van der Waals surface area contributed by atoms with E-state index in [-0.39, 0.29) is 19.0 Å². The SMILES string of the molecule is COCCN(Cc1cccn1Cc1cccc(C(F)(F)F)c1)C(=O)c1cccc(OC)c1. The third kappa shape index (κ3) is 5.91. The molecule has 0 saturated heterocycles. The lowest BCUT2D eigenvalue weighted by molar-refractivity contribution is -0.137. The van der Waals surface area contributed by atoms with Crippen molar-refractivity contribution in [1.82, 2.24) is 9.47 Å². The van der Waals surface area contributed by atoms with Gasteiger partial charge in [0, 0.05) is 37.7 Å². The van der Waals surface area contributed by atoms with Crippen LogP contribution >= 0.6 is 0 Å². The maximum atomic E-state index is 13.2. The molecule has 8 heteroatoms. The van der Waals surface area contributed by atoms with E-state index in [0.717, 1.165) is 17.8 Å². The van der Waals surface area contributed by atoms with Gasteiger partial charge in [-0.15, -0.1) is 0 Å². The molecule has 5 nitrogen and oxygen atoms in total. The van der Waals surface area contributed by atoms with Crippen LogP contribution in [0.3, 0.4) is 0 Å². The van der Waals surface area contributed by atoms with Gasteiger partial charge in [-0.25, -0.2) is 0 Å². The maximum absolute atomic E-state index is 13.2. The minimum atomic E-state index is -4.39. The van der Waals surface area contributed by atoms with Gasteiger partial charge in [0.05, 0.1) is 25.8 Å². The van der Waals surface area contributed by atoms with E-state index in [2.05, 4.69) is 0 Å². The van der Waals surface area contributed by atoms with E-state index in [0.29, 0.717) is 30.0 Å². The van der Waals surface area contributed by atoms with Gasteiger partial charge in [0.1, 0.15) is 5.75 Å². The van der Waals surface area contributed by atoms with Crippen LogP contribution in [0.4, 0.5) is 13.2 Å². The van der Waals surface area contributed by atoms with Gasteiger partial charge in [0.15, 0.2) is 0 Å². The Morgan fingerprint density at radius 3 is 2.53 bits per heavy atom. The quantitative estimate of drug-likeness (QED) is 0.472. The molecule has 0 N–H and O–H groups in total. The van der Waals surface area contributed by atoms with Gasteiger partial charge in [-0.05, 0) is 48.0 Å². The van der Waals surface area contributed by atoms with Crippen LogP contribution in [0.5, 0.6) is 5.75 Å². The number of aromatic nitrogens is 1. The van der Waals surface area contributed by atoms with Crippen molar-refractivity contribution in [2.45, 2.75) is 19.3 Å². The molecule has 0 unspecified atom stereocenters. The number of rotatable bonds is 9. The number of carbonyl (C=O) groups is 1. The number of amides is 1. The van der Waals surface area contributed by atoms with Crippen LogP contribution in [0.15, 0.2) is 66.9 Å². The van der Waals surface area contributed by atoms with Crippen molar-refractivity contribution in [3.8, 4) is 5.75 Å². The number of hydrogen-bond donors (Lipinski definition) is 0. The molecule has 0 aliphatic rings. The molecule has 2 aromatic carbocycles. The molecule has 0 bridgehead atoms. The summed E-state index contributed by atoms with van der Waals surface area (Å²) in [6.07, 6.45) is -2.60. The predicted molar refractivity (Wildman–Crippen MR) is 115 cm³/mol. The van der Waals surface area contributed by atoms with Crippen molar-refractivity contribution in [2.24, 2.45) is 0 Å². The topological polar surface area (TPSA) is 43.7 Å². The molecule has 0 fully saturated rings. The Morgan fingerprint density at radius 1 is 1.03 bits per heavy atom. The Labute approximate surface area is 185 Å². The van der Waals surface area contributed by atoms with Gasteiger partial charge in [0.2, 0.25) is 0 Å². The van der Waals surface area contributed by atoms with Crippen molar-refractivity contribution in [3.63, 3.8) is 0 Å². The Morgan fingerprint density at radius 2 is 1.81 bits per heavy atom. The summed E-state index contributed by atoms with van der Waals surface area (Å²) in [4.78, 5) is 14.8. The van der Waals surface area contributed by atoms with E-state index in [1.54, 1.807) is 48.5 Å². The summed E-state index contributed by atoms with van der Waals surface area (Å²) < 4.78 is 51.4. The molecule has 0 saturated carbocycles. The first-order valence-electron chi connectivity index (χ1n) is 10.0. The lowest BCUT2D eigenvalue weighted by Gasteiger charge is -2.24. The molecule has 1 amide bonds. The highest BCUT2D eigenvalue weighted by molar-refractivity contribution is 5.94. The van der Waals surface area contributed by atoms with Gasteiger partial charge in [0.25, 0.3) is 5.91 Å². The molecule has 1 aromatic heterocycles. The molecular formula is C24H25F3N2O3. The molecule has 3 rings (SSSR count). The van der Waals surface area contributed by atoms with Crippen LogP contribution in [0, 0.1) is 0 Å². The van der Waals surface area contributed by atoms with Crippen molar-refractivity contribution < 1.29 is 27.4 Å². The number of carbonyl (C=O) groups excluding carboxylic acids is 1. The van der Waals surface area contributed by atoms with E-state index in [4.69, 9.17) is 9.47 Å². The Kier molecular flexibility index (Phi) is 7.58. The lowest BCUT2D eigenvalue weighted by Crippen LogP contribution is -2.34. The normalized spacial score (nSPS) is 11.4. The molecule has 0 radical (unpaired) electrons. The van der Waals surface area contributed by atoms with Crippen LogP contribution in [0.1, 0.15) is 27.2 Å². The summed E-state index contributed by atoms with van der Waals surface area (Å²) in [5, 5.41) is 0. The van der Waals surface area contributed by atoms with Gasteiger partial charge in [-0.1, -0.05) is 18.2 Å². The van der Waals surface area contributed by atoms with E-state index in [9.17, 15) is 18.0 Å². The smallest absolute Gasteiger partial charge is 0.416 e. The average molecular weight is 446 g/mol. The van der Waals surface area contributed by atoms with E-state index >= 15 is 0 Å². The first kappa shape index (κ1) is 23.4. The summed E-state index contributed by atoms with van der Waals surface area (Å²) in [6, 6.07) is 15.8. The van der Waals surface area contributed by atoms with Crippen molar-refractivity contribution in [1.29, 1.82) is 0 Å². The second kappa shape index (κ2) is 10.4. The summed E-state index contributed by atoms with van der Waals surface area (Å²) in [7, 11) is 3.09. The first-order chi connectivity index (χ1) is 15.3. The molecule has 0 aliphatic carbocycles. The standard InChI is InChI=1S/C24H25F3N2O3/c1-31-13-12-29(23(30)19-7-4-10-22(15-19)32-2)17-21-9-5-11-28(21)16-18-6-3-8-20(14-18)24(25,26)27/h3-11,14-15H,12-13,16-17H2,1-2H3. The number of nitrogens with zero attached hydrogens (tertiary/aromatic N) is 2. The largest absolute Gasteiger partial charge is 0.497 e. The summed E-state index contributed by atoms with van der Waals surface area (Å²) in [6.45, 7) is 1.26. The van der Waals surface area contributed by atoms with Crippen LogP contribution in [0.2, 0.25) is 0 Å². The van der Waals surface area contributed by atoms with Gasteiger partial charge in [-0.3, -0.25) is 4.79 Å². The number of hydrogen-bond acceptors (Lipinski definition) is 3. The predicted octanol–water partition coefficient (Wildman–Crippen LogP) is 4.85.